The summed E-state index contributed by atoms with van der Waals surface area (Å²) in [4.78, 5) is 21.4. The summed E-state index contributed by atoms with van der Waals surface area (Å²) in [7, 11) is 0. The van der Waals surface area contributed by atoms with Crippen molar-refractivity contribution in [3.8, 4) is 11.5 Å². The lowest BCUT2D eigenvalue weighted by atomic mass is 9.76. The van der Waals surface area contributed by atoms with Crippen LogP contribution in [0.5, 0.6) is 11.5 Å². The van der Waals surface area contributed by atoms with E-state index in [0.717, 1.165) is 41.7 Å². The number of nitrogens with zero attached hydrogens (tertiary/aromatic N) is 2. The number of amides is 1. The largest absolute Gasteiger partial charge is 0.490 e. The summed E-state index contributed by atoms with van der Waals surface area (Å²) in [6.45, 7) is 7.00. The smallest absolute Gasteiger partial charge is 0.264 e. The van der Waals surface area contributed by atoms with E-state index in [-0.39, 0.29) is 5.91 Å². The summed E-state index contributed by atoms with van der Waals surface area (Å²) in [6, 6.07) is 30.0. The molecule has 0 aliphatic carbocycles. The van der Waals surface area contributed by atoms with Crippen LogP contribution in [-0.2, 0) is 4.79 Å². The Hall–Kier alpha value is -4.01. The second-order valence-electron chi connectivity index (χ2n) is 11.6. The Labute approximate surface area is 283 Å². The highest BCUT2D eigenvalue weighted by Crippen LogP contribution is 2.50. The zero-order valence-corrected chi connectivity index (χ0v) is 28.4. The average molecular weight is 695 g/mol. The lowest BCUT2D eigenvalue weighted by Gasteiger charge is -2.43. The fourth-order valence-electron chi connectivity index (χ4n) is 6.87. The van der Waals surface area contributed by atoms with E-state index in [1.165, 1.54) is 39.7 Å². The van der Waals surface area contributed by atoms with Crippen LogP contribution in [0.25, 0.3) is 6.08 Å². The predicted molar refractivity (Wildman–Crippen MR) is 192 cm³/mol. The number of amidine groups is 1. The van der Waals surface area contributed by atoms with Gasteiger partial charge < -0.3 is 19.7 Å². The number of nitrogens with one attached hydrogen (secondary N) is 1. The topological polar surface area (TPSA) is 63.2 Å². The van der Waals surface area contributed by atoms with Gasteiger partial charge in [-0.15, -0.1) is 0 Å². The molecule has 1 amide bonds. The first kappa shape index (κ1) is 30.6. The summed E-state index contributed by atoms with van der Waals surface area (Å²) in [5.41, 5.74) is 8.37. The summed E-state index contributed by atoms with van der Waals surface area (Å²) < 4.78 is 12.4. The number of carbonyl (C=O) groups is 1. The Morgan fingerprint density at radius 2 is 1.50 bits per heavy atom. The summed E-state index contributed by atoms with van der Waals surface area (Å²) in [5.74, 6) is 1.72. The number of halogens is 1. The summed E-state index contributed by atoms with van der Waals surface area (Å²) in [6.07, 6.45) is 4.00. The van der Waals surface area contributed by atoms with Gasteiger partial charge in [0.25, 0.3) is 5.91 Å². The molecule has 2 atom stereocenters. The number of anilines is 1. The molecule has 0 spiro atoms. The molecular formula is C38H36BrN3O3S. The van der Waals surface area contributed by atoms with Crippen LogP contribution >= 0.6 is 27.7 Å². The molecule has 1 N–H and O–H groups in total. The van der Waals surface area contributed by atoms with E-state index in [0.29, 0.717) is 46.6 Å². The number of thioether (sulfide) groups is 1. The highest BCUT2D eigenvalue weighted by Gasteiger charge is 2.35. The Morgan fingerprint density at radius 1 is 0.891 bits per heavy atom. The number of rotatable bonds is 8. The molecule has 6 nitrogen and oxygen atoms in total. The van der Waals surface area contributed by atoms with Crippen molar-refractivity contribution in [2.75, 3.05) is 31.2 Å². The van der Waals surface area contributed by atoms with E-state index in [1.807, 2.05) is 32.1 Å². The molecule has 0 radical (unpaired) electrons. The van der Waals surface area contributed by atoms with Crippen molar-refractivity contribution in [3.63, 3.8) is 0 Å². The third kappa shape index (κ3) is 6.08. The maximum atomic E-state index is 13.2. The minimum Gasteiger partial charge on any atom is -0.490 e. The van der Waals surface area contributed by atoms with E-state index in [4.69, 9.17) is 14.5 Å². The predicted octanol–water partition coefficient (Wildman–Crippen LogP) is 9.02. The van der Waals surface area contributed by atoms with Crippen LogP contribution in [0.3, 0.4) is 0 Å². The number of hydrogen-bond acceptors (Lipinski definition) is 6. The van der Waals surface area contributed by atoms with E-state index < -0.39 is 0 Å². The third-order valence-electron chi connectivity index (χ3n) is 8.80. The molecule has 0 bridgehead atoms. The number of hydrogen-bond donors (Lipinski definition) is 1. The van der Waals surface area contributed by atoms with Gasteiger partial charge in [0.15, 0.2) is 16.7 Å². The van der Waals surface area contributed by atoms with Gasteiger partial charge in [-0.3, -0.25) is 4.79 Å². The van der Waals surface area contributed by atoms with Crippen LogP contribution in [0.1, 0.15) is 66.3 Å². The Morgan fingerprint density at radius 3 is 2.09 bits per heavy atom. The number of aliphatic imine (C=N–C) groups is 1. The molecular weight excluding hydrogens is 658 g/mol. The molecule has 4 aromatic carbocycles. The molecule has 3 heterocycles. The fourth-order valence-corrected chi connectivity index (χ4v) is 8.29. The van der Waals surface area contributed by atoms with Crippen molar-refractivity contribution in [2.45, 2.75) is 38.5 Å². The second-order valence-corrected chi connectivity index (χ2v) is 13.5. The van der Waals surface area contributed by atoms with E-state index in [1.54, 1.807) is 0 Å². The lowest BCUT2D eigenvalue weighted by molar-refractivity contribution is -0.115. The van der Waals surface area contributed by atoms with Gasteiger partial charge in [-0.2, -0.15) is 0 Å². The molecule has 0 saturated carbocycles. The van der Waals surface area contributed by atoms with Gasteiger partial charge in [0.2, 0.25) is 0 Å². The highest BCUT2D eigenvalue weighted by molar-refractivity contribution is 9.10. The maximum absolute atomic E-state index is 13.2. The van der Waals surface area contributed by atoms with Crippen LogP contribution in [0.4, 0.5) is 11.4 Å². The van der Waals surface area contributed by atoms with Crippen molar-refractivity contribution in [1.82, 2.24) is 5.32 Å². The zero-order chi connectivity index (χ0) is 31.6. The molecule has 46 heavy (non-hydrogen) atoms. The normalized spacial score (nSPS) is 20.5. The SMILES string of the molecule is CCOc1cc(/C=C2\SC(=Nc3cc4c5c(c3)[C@H](c3ccccc3)CCN5CC[C@H]4c3ccccc3)NC2=O)cc(Br)c1OCC. The molecule has 0 aromatic heterocycles. The van der Waals surface area contributed by atoms with Gasteiger partial charge >= 0.3 is 0 Å². The Kier molecular flexibility index (Phi) is 8.91. The van der Waals surface area contributed by atoms with Crippen molar-refractivity contribution in [1.29, 1.82) is 0 Å². The quantitative estimate of drug-likeness (QED) is 0.187. The third-order valence-corrected chi connectivity index (χ3v) is 10.3. The fraction of sp³-hybridized carbons (Fsp3) is 0.263. The first-order chi connectivity index (χ1) is 22.5. The number of carbonyl (C=O) groups excluding carboxylic acids is 1. The summed E-state index contributed by atoms with van der Waals surface area (Å²) >= 11 is 4.98. The number of ether oxygens (including phenoxy) is 2. The van der Waals surface area contributed by atoms with Crippen molar-refractivity contribution >= 4 is 56.2 Å². The van der Waals surface area contributed by atoms with Crippen LogP contribution in [-0.4, -0.2) is 37.4 Å². The molecule has 0 unspecified atom stereocenters. The van der Waals surface area contributed by atoms with Gasteiger partial charge in [-0.25, -0.2) is 4.99 Å². The van der Waals surface area contributed by atoms with Crippen LogP contribution < -0.4 is 19.7 Å². The van der Waals surface area contributed by atoms with Crippen molar-refractivity contribution in [3.05, 3.63) is 122 Å². The van der Waals surface area contributed by atoms with Crippen molar-refractivity contribution in [2.24, 2.45) is 4.99 Å². The molecule has 8 heteroatoms. The molecule has 7 rings (SSSR count). The van der Waals surface area contributed by atoms with E-state index in [2.05, 4.69) is 98.9 Å². The highest BCUT2D eigenvalue weighted by atomic mass is 79.9. The molecule has 1 fully saturated rings. The van der Waals surface area contributed by atoms with Gasteiger partial charge in [0.05, 0.1) is 28.3 Å². The lowest BCUT2D eigenvalue weighted by Crippen LogP contribution is -2.37. The van der Waals surface area contributed by atoms with Gasteiger partial charge in [0.1, 0.15) is 0 Å². The Balaban J connectivity index is 1.27. The standard InChI is InChI=1S/C38H36BrN3O3S/c1-3-44-33-20-24(19-32(39)36(33)45-4-2)21-34-37(43)41-38(46-34)40-27-22-30-28(25-11-7-5-8-12-25)15-17-42-18-16-29(31(23-27)35(30)42)26-13-9-6-10-14-26/h5-14,19-23,28-29H,3-4,15-18H2,1-2H3,(H,40,41,43)/b34-21-/t28-,29-/m0/s1. The summed E-state index contributed by atoms with van der Waals surface area (Å²) in [5, 5.41) is 3.59. The first-order valence-corrected chi connectivity index (χ1v) is 17.5. The monoisotopic (exact) mass is 693 g/mol. The zero-order valence-electron chi connectivity index (χ0n) is 26.0. The van der Waals surface area contributed by atoms with Crippen LogP contribution in [0.15, 0.2) is 99.3 Å². The van der Waals surface area contributed by atoms with Gasteiger partial charge in [-0.1, -0.05) is 60.7 Å². The second kappa shape index (κ2) is 13.4. The molecule has 3 aliphatic rings. The van der Waals surface area contributed by atoms with E-state index in [9.17, 15) is 4.79 Å². The Bertz CT molecular complexity index is 1750. The van der Waals surface area contributed by atoms with Gasteiger partial charge in [0, 0.05) is 30.6 Å². The first-order valence-electron chi connectivity index (χ1n) is 15.9. The van der Waals surface area contributed by atoms with Gasteiger partial charge in [-0.05, 0) is 113 Å². The van der Waals surface area contributed by atoms with E-state index >= 15 is 0 Å². The molecule has 3 aliphatic heterocycles. The number of benzene rings is 4. The maximum Gasteiger partial charge on any atom is 0.264 e. The molecule has 234 valence electrons. The van der Waals surface area contributed by atoms with Crippen LogP contribution in [0.2, 0.25) is 0 Å². The molecule has 4 aromatic rings. The average Bonchev–Trinajstić information content (AvgIpc) is 3.41. The minimum atomic E-state index is -0.165. The van der Waals surface area contributed by atoms with Crippen LogP contribution in [0, 0.1) is 0 Å². The molecule has 1 saturated heterocycles. The minimum absolute atomic E-state index is 0.165. The van der Waals surface area contributed by atoms with Crippen molar-refractivity contribution < 1.29 is 14.3 Å².